The average molecular weight is 274 g/mol. The molecule has 0 aliphatic rings. The minimum absolute atomic E-state index is 0.680. The van der Waals surface area contributed by atoms with E-state index in [-0.39, 0.29) is 0 Å². The molecule has 1 aromatic heterocycles. The fourth-order valence-corrected chi connectivity index (χ4v) is 1.60. The van der Waals surface area contributed by atoms with Crippen LogP contribution < -0.4 is 0 Å². The molecule has 0 bridgehead atoms. The molecule has 0 aliphatic carbocycles. The third kappa shape index (κ3) is 2.41. The maximum atomic E-state index is 8.40. The van der Waals surface area contributed by atoms with E-state index in [4.69, 9.17) is 9.68 Å². The maximum Gasteiger partial charge on any atom is 0.134 e. The first-order valence-electron chi connectivity index (χ1n) is 4.71. The van der Waals surface area contributed by atoms with Gasteiger partial charge in [0.05, 0.1) is 6.07 Å². The quantitative estimate of drug-likeness (QED) is 0.768. The molecule has 1 aromatic carbocycles. The Morgan fingerprint density at radius 1 is 1.12 bits per heavy atom. The summed E-state index contributed by atoms with van der Waals surface area (Å²) in [6.07, 6.45) is 3.03. The monoisotopic (exact) mass is 273 g/mol. The van der Waals surface area contributed by atoms with Crippen molar-refractivity contribution in [3.05, 3.63) is 52.7 Å². The second kappa shape index (κ2) is 4.82. The fourth-order valence-electron chi connectivity index (χ4n) is 1.33. The minimum Gasteiger partial charge on any atom is -0.457 e. The molecule has 0 saturated heterocycles. The zero-order chi connectivity index (χ0) is 11.4. The first-order chi connectivity index (χ1) is 7.79. The van der Waals surface area contributed by atoms with Crippen LogP contribution in [-0.2, 0) is 0 Å². The maximum absolute atomic E-state index is 8.40. The molecule has 2 rings (SSSR count). The highest BCUT2D eigenvalue weighted by Crippen LogP contribution is 2.24. The number of nitrogens with zero attached hydrogens (tertiary/aromatic N) is 1. The van der Waals surface area contributed by atoms with Gasteiger partial charge in [-0.15, -0.1) is 0 Å². The predicted octanol–water partition coefficient (Wildman–Crippen LogP) is 4.25. The van der Waals surface area contributed by atoms with Gasteiger partial charge in [-0.1, -0.05) is 28.1 Å². The number of halogens is 1. The van der Waals surface area contributed by atoms with Crippen LogP contribution in [0.25, 0.3) is 17.4 Å². The van der Waals surface area contributed by atoms with E-state index in [1.54, 1.807) is 6.08 Å². The van der Waals surface area contributed by atoms with Gasteiger partial charge in [-0.25, -0.2) is 0 Å². The van der Waals surface area contributed by atoms with Crippen LogP contribution in [0, 0.1) is 11.3 Å². The summed E-state index contributed by atoms with van der Waals surface area (Å²) in [6, 6.07) is 13.5. The second-order valence-electron chi connectivity index (χ2n) is 3.17. The third-order valence-electron chi connectivity index (χ3n) is 2.08. The zero-order valence-electron chi connectivity index (χ0n) is 8.35. The number of hydrogen-bond acceptors (Lipinski definition) is 2. The summed E-state index contributed by atoms with van der Waals surface area (Å²) in [5.74, 6) is 1.48. The van der Waals surface area contributed by atoms with E-state index >= 15 is 0 Å². The normalized spacial score (nSPS) is 10.5. The summed E-state index contributed by atoms with van der Waals surface area (Å²) in [7, 11) is 0. The Labute approximate surface area is 102 Å². The Kier molecular flexibility index (Phi) is 3.23. The van der Waals surface area contributed by atoms with E-state index in [9.17, 15) is 0 Å². The van der Waals surface area contributed by atoms with Gasteiger partial charge in [0.1, 0.15) is 11.5 Å². The molecule has 0 N–H and O–H groups in total. The number of allylic oxidation sites excluding steroid dienone is 1. The van der Waals surface area contributed by atoms with E-state index in [0.717, 1.165) is 15.8 Å². The van der Waals surface area contributed by atoms with Crippen molar-refractivity contribution in [3.63, 3.8) is 0 Å². The summed E-state index contributed by atoms with van der Waals surface area (Å²) < 4.78 is 6.59. The van der Waals surface area contributed by atoms with Crippen molar-refractivity contribution in [2.75, 3.05) is 0 Å². The highest BCUT2D eigenvalue weighted by atomic mass is 79.9. The van der Waals surface area contributed by atoms with E-state index in [2.05, 4.69) is 15.9 Å². The molecule has 0 aliphatic heterocycles. The molecule has 0 fully saturated rings. The Bertz CT molecular complexity index is 546. The lowest BCUT2D eigenvalue weighted by Gasteiger charge is -1.96. The summed E-state index contributed by atoms with van der Waals surface area (Å²) >= 11 is 3.38. The Morgan fingerprint density at radius 3 is 2.56 bits per heavy atom. The number of furan rings is 1. The molecular formula is C13H8BrNO. The molecule has 3 heteroatoms. The lowest BCUT2D eigenvalue weighted by atomic mass is 10.2. The van der Waals surface area contributed by atoms with Crippen LogP contribution in [-0.4, -0.2) is 0 Å². The summed E-state index contributed by atoms with van der Waals surface area (Å²) in [6.45, 7) is 0. The van der Waals surface area contributed by atoms with E-state index in [1.807, 2.05) is 42.5 Å². The SMILES string of the molecule is N#CC=Cc1ccc(-c2ccc(Br)cc2)o1. The standard InChI is InChI=1S/C13H8BrNO/c14-11-5-3-10(4-6-11)13-8-7-12(16-13)2-1-9-15/h1-8H. The Balaban J connectivity index is 2.28. The summed E-state index contributed by atoms with van der Waals surface area (Å²) in [5.41, 5.74) is 1.01. The second-order valence-corrected chi connectivity index (χ2v) is 4.09. The summed E-state index contributed by atoms with van der Waals surface area (Å²) in [4.78, 5) is 0. The number of hydrogen-bond donors (Lipinski definition) is 0. The lowest BCUT2D eigenvalue weighted by Crippen LogP contribution is -1.72. The van der Waals surface area contributed by atoms with Gasteiger partial charge in [-0.3, -0.25) is 0 Å². The van der Waals surface area contributed by atoms with Crippen LogP contribution in [0.3, 0.4) is 0 Å². The molecule has 0 atom stereocenters. The Hall–Kier alpha value is -1.79. The van der Waals surface area contributed by atoms with Gasteiger partial charge < -0.3 is 4.42 Å². The molecule has 0 spiro atoms. The van der Waals surface area contributed by atoms with Gasteiger partial charge >= 0.3 is 0 Å². The van der Waals surface area contributed by atoms with Crippen molar-refractivity contribution in [2.45, 2.75) is 0 Å². The van der Waals surface area contributed by atoms with Gasteiger partial charge in [0.15, 0.2) is 0 Å². The highest BCUT2D eigenvalue weighted by Gasteiger charge is 2.02. The van der Waals surface area contributed by atoms with Crippen LogP contribution in [0.4, 0.5) is 0 Å². The van der Waals surface area contributed by atoms with Gasteiger partial charge in [0.25, 0.3) is 0 Å². The molecule has 16 heavy (non-hydrogen) atoms. The predicted molar refractivity (Wildman–Crippen MR) is 66.5 cm³/mol. The molecule has 2 aromatic rings. The topological polar surface area (TPSA) is 36.9 Å². The van der Waals surface area contributed by atoms with Crippen LogP contribution in [0.5, 0.6) is 0 Å². The fraction of sp³-hybridized carbons (Fsp3) is 0. The molecule has 1 heterocycles. The van der Waals surface area contributed by atoms with Gasteiger partial charge in [-0.05, 0) is 30.3 Å². The van der Waals surface area contributed by atoms with E-state index in [1.165, 1.54) is 6.08 Å². The van der Waals surface area contributed by atoms with Crippen LogP contribution >= 0.6 is 15.9 Å². The first-order valence-corrected chi connectivity index (χ1v) is 5.51. The molecule has 0 unspecified atom stereocenters. The molecule has 0 saturated carbocycles. The van der Waals surface area contributed by atoms with Crippen molar-refractivity contribution in [2.24, 2.45) is 0 Å². The number of nitriles is 1. The minimum atomic E-state index is 0.680. The first kappa shape index (κ1) is 10.7. The van der Waals surface area contributed by atoms with Crippen molar-refractivity contribution < 1.29 is 4.42 Å². The van der Waals surface area contributed by atoms with E-state index in [0.29, 0.717) is 5.76 Å². The molecular weight excluding hydrogens is 266 g/mol. The van der Waals surface area contributed by atoms with Crippen LogP contribution in [0.15, 0.2) is 51.4 Å². The molecule has 78 valence electrons. The number of rotatable bonds is 2. The van der Waals surface area contributed by atoms with Crippen LogP contribution in [0.2, 0.25) is 0 Å². The zero-order valence-corrected chi connectivity index (χ0v) is 9.94. The summed E-state index contributed by atoms with van der Waals surface area (Å²) in [5, 5.41) is 8.40. The highest BCUT2D eigenvalue weighted by molar-refractivity contribution is 9.10. The van der Waals surface area contributed by atoms with Crippen molar-refractivity contribution >= 4 is 22.0 Å². The lowest BCUT2D eigenvalue weighted by molar-refractivity contribution is 0.572. The molecule has 0 amide bonds. The molecule has 2 nitrogen and oxygen atoms in total. The van der Waals surface area contributed by atoms with Gasteiger partial charge in [-0.2, -0.15) is 5.26 Å². The van der Waals surface area contributed by atoms with Crippen molar-refractivity contribution in [3.8, 4) is 17.4 Å². The Morgan fingerprint density at radius 2 is 1.88 bits per heavy atom. The van der Waals surface area contributed by atoms with E-state index < -0.39 is 0 Å². The number of benzene rings is 1. The van der Waals surface area contributed by atoms with Crippen molar-refractivity contribution in [1.82, 2.24) is 0 Å². The average Bonchev–Trinajstić information content (AvgIpc) is 2.76. The van der Waals surface area contributed by atoms with Gasteiger partial charge in [0, 0.05) is 16.1 Å². The third-order valence-corrected chi connectivity index (χ3v) is 2.61. The molecule has 0 radical (unpaired) electrons. The van der Waals surface area contributed by atoms with Gasteiger partial charge in [0.2, 0.25) is 0 Å². The van der Waals surface area contributed by atoms with Crippen LogP contribution in [0.1, 0.15) is 5.76 Å². The largest absolute Gasteiger partial charge is 0.457 e. The smallest absolute Gasteiger partial charge is 0.134 e. The van der Waals surface area contributed by atoms with Crippen molar-refractivity contribution in [1.29, 1.82) is 5.26 Å².